The maximum absolute atomic E-state index is 11.4. The van der Waals surface area contributed by atoms with Crippen LogP contribution in [0.15, 0.2) is 11.1 Å². The molecule has 0 spiro atoms. The van der Waals surface area contributed by atoms with E-state index in [2.05, 4.69) is 20.9 Å². The Hall–Kier alpha value is -1.58. The van der Waals surface area contributed by atoms with Gasteiger partial charge in [-0.15, -0.1) is 0 Å². The van der Waals surface area contributed by atoms with Crippen molar-refractivity contribution in [2.75, 3.05) is 31.1 Å². The maximum atomic E-state index is 11.4. The minimum Gasteiger partial charge on any atom is -0.353 e. The normalized spacial score (nSPS) is 17.3. The summed E-state index contributed by atoms with van der Waals surface area (Å²) >= 11 is 5.97. The number of rotatable bonds is 2. The smallest absolute Gasteiger partial charge is 0.271 e. The van der Waals surface area contributed by atoms with E-state index in [1.807, 2.05) is 18.7 Å². The molecule has 2 rings (SSSR count). The summed E-state index contributed by atoms with van der Waals surface area (Å²) in [6.07, 6.45) is 1.36. The van der Waals surface area contributed by atoms with E-state index in [0.29, 0.717) is 18.9 Å². The van der Waals surface area contributed by atoms with Crippen LogP contribution in [0.4, 0.5) is 5.82 Å². The van der Waals surface area contributed by atoms with Crippen LogP contribution in [0.3, 0.4) is 0 Å². The van der Waals surface area contributed by atoms with E-state index in [1.165, 1.54) is 6.33 Å². The molecule has 0 unspecified atom stereocenters. The number of piperazine rings is 1. The van der Waals surface area contributed by atoms with Crippen molar-refractivity contribution >= 4 is 17.4 Å². The van der Waals surface area contributed by atoms with Gasteiger partial charge in [0, 0.05) is 26.2 Å². The second-order valence-electron chi connectivity index (χ2n) is 5.01. The fourth-order valence-corrected chi connectivity index (χ4v) is 2.36. The van der Waals surface area contributed by atoms with Gasteiger partial charge in [0.1, 0.15) is 10.6 Å². The van der Waals surface area contributed by atoms with E-state index in [-0.39, 0.29) is 10.6 Å². The van der Waals surface area contributed by atoms with Gasteiger partial charge in [-0.3, -0.25) is 9.69 Å². The first kappa shape index (κ1) is 13.8. The molecular formula is C12H16ClN5O. The molecule has 0 bridgehead atoms. The number of aromatic nitrogens is 2. The van der Waals surface area contributed by atoms with E-state index < -0.39 is 5.54 Å². The number of nitrogens with one attached hydrogen (secondary N) is 1. The molecule has 1 N–H and O–H groups in total. The van der Waals surface area contributed by atoms with E-state index in [4.69, 9.17) is 16.9 Å². The van der Waals surface area contributed by atoms with Crippen molar-refractivity contribution in [3.63, 3.8) is 0 Å². The molecular weight excluding hydrogens is 266 g/mol. The Balaban J connectivity index is 2.11. The van der Waals surface area contributed by atoms with Gasteiger partial charge in [-0.05, 0) is 13.8 Å². The fraction of sp³-hybridized carbons (Fsp3) is 0.583. The van der Waals surface area contributed by atoms with Crippen molar-refractivity contribution in [2.24, 2.45) is 0 Å². The Morgan fingerprint density at radius 3 is 2.63 bits per heavy atom. The summed E-state index contributed by atoms with van der Waals surface area (Å²) in [5.74, 6) is 0.514. The highest BCUT2D eigenvalue weighted by Crippen LogP contribution is 2.22. The standard InChI is InChI=1S/C12H16ClN5O/c1-12(2,7-14)18-5-3-17(4-6-18)10-9(13)11(19)16-8-15-10/h8H,3-6H2,1-2H3,(H,15,16,19). The van der Waals surface area contributed by atoms with Crippen molar-refractivity contribution in [3.05, 3.63) is 21.7 Å². The predicted molar refractivity (Wildman–Crippen MR) is 73.3 cm³/mol. The van der Waals surface area contributed by atoms with Crippen LogP contribution in [0, 0.1) is 11.3 Å². The third-order valence-electron chi connectivity index (χ3n) is 3.42. The lowest BCUT2D eigenvalue weighted by Gasteiger charge is -2.40. The molecule has 19 heavy (non-hydrogen) atoms. The topological polar surface area (TPSA) is 76.0 Å². The molecule has 1 aliphatic heterocycles. The number of hydrogen-bond acceptors (Lipinski definition) is 5. The monoisotopic (exact) mass is 281 g/mol. The Morgan fingerprint density at radius 2 is 2.05 bits per heavy atom. The summed E-state index contributed by atoms with van der Waals surface area (Å²) in [4.78, 5) is 22.1. The zero-order valence-electron chi connectivity index (χ0n) is 11.0. The second kappa shape index (κ2) is 5.19. The molecule has 0 aromatic carbocycles. The molecule has 1 aromatic rings. The van der Waals surface area contributed by atoms with Gasteiger partial charge in [0.05, 0.1) is 12.4 Å². The maximum Gasteiger partial charge on any atom is 0.271 e. The molecule has 7 heteroatoms. The van der Waals surface area contributed by atoms with Gasteiger partial charge in [0.15, 0.2) is 5.82 Å². The summed E-state index contributed by atoms with van der Waals surface area (Å²) in [7, 11) is 0. The molecule has 0 saturated carbocycles. The lowest BCUT2D eigenvalue weighted by atomic mass is 10.0. The van der Waals surface area contributed by atoms with Crippen molar-refractivity contribution in [1.82, 2.24) is 14.9 Å². The average Bonchev–Trinajstić information content (AvgIpc) is 2.42. The van der Waals surface area contributed by atoms with Crippen molar-refractivity contribution < 1.29 is 0 Å². The van der Waals surface area contributed by atoms with Gasteiger partial charge < -0.3 is 9.88 Å². The Bertz CT molecular complexity index is 554. The Kier molecular flexibility index (Phi) is 3.78. The Labute approximate surface area is 116 Å². The summed E-state index contributed by atoms with van der Waals surface area (Å²) < 4.78 is 0. The van der Waals surface area contributed by atoms with Gasteiger partial charge in [-0.1, -0.05) is 11.6 Å². The summed E-state index contributed by atoms with van der Waals surface area (Å²) in [5.41, 5.74) is -0.802. The van der Waals surface area contributed by atoms with E-state index in [9.17, 15) is 4.79 Å². The van der Waals surface area contributed by atoms with Gasteiger partial charge >= 0.3 is 0 Å². The third kappa shape index (κ3) is 2.72. The number of aromatic amines is 1. The van der Waals surface area contributed by atoms with Gasteiger partial charge in [0.25, 0.3) is 5.56 Å². The highest BCUT2D eigenvalue weighted by molar-refractivity contribution is 6.32. The lowest BCUT2D eigenvalue weighted by molar-refractivity contribution is 0.158. The minimum absolute atomic E-state index is 0.121. The highest BCUT2D eigenvalue weighted by atomic mass is 35.5. The van der Waals surface area contributed by atoms with E-state index in [1.54, 1.807) is 0 Å². The first-order valence-electron chi connectivity index (χ1n) is 6.10. The molecule has 2 heterocycles. The van der Waals surface area contributed by atoms with Crippen LogP contribution in [0.5, 0.6) is 0 Å². The highest BCUT2D eigenvalue weighted by Gasteiger charge is 2.30. The molecule has 102 valence electrons. The minimum atomic E-state index is -0.475. The molecule has 0 atom stereocenters. The van der Waals surface area contributed by atoms with E-state index >= 15 is 0 Å². The third-order valence-corrected chi connectivity index (χ3v) is 3.76. The van der Waals surface area contributed by atoms with Crippen LogP contribution in [0.25, 0.3) is 0 Å². The number of halogens is 1. The zero-order valence-corrected chi connectivity index (χ0v) is 11.7. The van der Waals surface area contributed by atoms with Crippen LogP contribution < -0.4 is 10.5 Å². The first-order valence-corrected chi connectivity index (χ1v) is 6.48. The number of H-pyrrole nitrogens is 1. The summed E-state index contributed by atoms with van der Waals surface area (Å²) in [5, 5.41) is 9.25. The zero-order chi connectivity index (χ0) is 14.0. The SMILES string of the molecule is CC(C)(C#N)N1CCN(c2nc[nH]c(=O)c2Cl)CC1. The average molecular weight is 282 g/mol. The molecule has 1 aliphatic rings. The van der Waals surface area contributed by atoms with Crippen LogP contribution in [-0.2, 0) is 0 Å². The van der Waals surface area contributed by atoms with Gasteiger partial charge in [-0.25, -0.2) is 4.98 Å². The van der Waals surface area contributed by atoms with Crippen molar-refractivity contribution in [2.45, 2.75) is 19.4 Å². The second-order valence-corrected chi connectivity index (χ2v) is 5.39. The molecule has 1 saturated heterocycles. The van der Waals surface area contributed by atoms with Gasteiger partial charge in [-0.2, -0.15) is 5.26 Å². The summed E-state index contributed by atoms with van der Waals surface area (Å²) in [6.45, 7) is 6.68. The molecule has 0 amide bonds. The van der Waals surface area contributed by atoms with Crippen molar-refractivity contribution in [1.29, 1.82) is 5.26 Å². The largest absolute Gasteiger partial charge is 0.353 e. The molecule has 0 aliphatic carbocycles. The molecule has 1 fully saturated rings. The number of nitrogens with zero attached hydrogens (tertiary/aromatic N) is 4. The van der Waals surface area contributed by atoms with Crippen molar-refractivity contribution in [3.8, 4) is 6.07 Å². The Morgan fingerprint density at radius 1 is 1.42 bits per heavy atom. The van der Waals surface area contributed by atoms with Crippen LogP contribution in [-0.4, -0.2) is 46.6 Å². The van der Waals surface area contributed by atoms with Crippen LogP contribution in [0.1, 0.15) is 13.8 Å². The first-order chi connectivity index (χ1) is 8.95. The van der Waals surface area contributed by atoms with Gasteiger partial charge in [0.2, 0.25) is 0 Å². The molecule has 0 radical (unpaired) electrons. The van der Waals surface area contributed by atoms with Crippen LogP contribution >= 0.6 is 11.6 Å². The fourth-order valence-electron chi connectivity index (χ4n) is 2.14. The predicted octanol–water partition coefficient (Wildman–Crippen LogP) is 0.847. The summed E-state index contributed by atoms with van der Waals surface area (Å²) in [6, 6.07) is 2.30. The molecule has 6 nitrogen and oxygen atoms in total. The quantitative estimate of drug-likeness (QED) is 0.870. The molecule has 1 aromatic heterocycles. The van der Waals surface area contributed by atoms with E-state index in [0.717, 1.165) is 13.1 Å². The number of nitriles is 1. The lowest BCUT2D eigenvalue weighted by Crippen LogP contribution is -2.54. The number of hydrogen-bond donors (Lipinski definition) is 1. The number of anilines is 1. The van der Waals surface area contributed by atoms with Crippen LogP contribution in [0.2, 0.25) is 5.02 Å².